The maximum atomic E-state index is 10.6. The molecule has 0 aliphatic carbocycles. The van der Waals surface area contributed by atoms with Crippen LogP contribution in [0.4, 0.5) is 0 Å². The topological polar surface area (TPSA) is 86.2 Å². The Kier molecular flexibility index (Phi) is 4.06. The van der Waals surface area contributed by atoms with Gasteiger partial charge >= 0.3 is 5.69 Å². The van der Waals surface area contributed by atoms with Crippen LogP contribution in [0.2, 0.25) is 0 Å². The van der Waals surface area contributed by atoms with Crippen molar-refractivity contribution >= 4 is 11.6 Å². The van der Waals surface area contributed by atoms with Crippen molar-refractivity contribution in [1.82, 2.24) is 9.97 Å². The molecule has 0 bridgehead atoms. The molecule has 5 nitrogen and oxygen atoms in total. The van der Waals surface area contributed by atoms with Crippen LogP contribution in [0.5, 0.6) is 0 Å². The van der Waals surface area contributed by atoms with Crippen molar-refractivity contribution in [3.05, 3.63) is 28.4 Å². The highest BCUT2D eigenvalue weighted by Gasteiger charge is 2.17. The highest BCUT2D eigenvalue weighted by Crippen LogP contribution is 2.16. The van der Waals surface area contributed by atoms with E-state index >= 15 is 0 Å². The molecule has 1 heterocycles. The zero-order valence-electron chi connectivity index (χ0n) is 7.35. The molecule has 1 aromatic heterocycles. The van der Waals surface area contributed by atoms with E-state index in [2.05, 4.69) is 9.97 Å². The van der Waals surface area contributed by atoms with E-state index in [0.29, 0.717) is 5.56 Å². The van der Waals surface area contributed by atoms with Crippen molar-refractivity contribution in [2.75, 3.05) is 5.88 Å². The summed E-state index contributed by atoms with van der Waals surface area (Å²) in [7, 11) is 0. The van der Waals surface area contributed by atoms with Gasteiger partial charge in [-0.2, -0.15) is 0 Å². The van der Waals surface area contributed by atoms with Gasteiger partial charge in [-0.1, -0.05) is 0 Å². The second-order valence-electron chi connectivity index (χ2n) is 2.84. The minimum absolute atomic E-state index is 0.259. The maximum Gasteiger partial charge on any atom is 0.344 e. The number of aromatic amines is 1. The lowest BCUT2D eigenvalue weighted by atomic mass is 10.1. The van der Waals surface area contributed by atoms with Crippen LogP contribution in [0.3, 0.4) is 0 Å². The van der Waals surface area contributed by atoms with Crippen LogP contribution in [-0.4, -0.2) is 32.2 Å². The van der Waals surface area contributed by atoms with E-state index in [1.807, 2.05) is 0 Å². The molecule has 2 atom stereocenters. The van der Waals surface area contributed by atoms with Gasteiger partial charge in [0.25, 0.3) is 0 Å². The van der Waals surface area contributed by atoms with Crippen molar-refractivity contribution in [3.8, 4) is 0 Å². The van der Waals surface area contributed by atoms with Crippen LogP contribution >= 0.6 is 11.6 Å². The lowest BCUT2D eigenvalue weighted by Crippen LogP contribution is -2.20. The number of nitrogens with one attached hydrogen (secondary N) is 1. The standard InChI is InChI=1S/C8H11ClN2O3/c9-2-1-6(12)7(13)5-3-10-8(14)11-4-5/h3-4,6-7,12-13H,1-2H2,(H,10,11,14). The number of aliphatic hydroxyl groups excluding tert-OH is 2. The quantitative estimate of drug-likeness (QED) is 0.611. The molecule has 0 aliphatic rings. The van der Waals surface area contributed by atoms with E-state index in [4.69, 9.17) is 11.6 Å². The maximum absolute atomic E-state index is 10.6. The first-order valence-corrected chi connectivity index (χ1v) is 4.65. The molecule has 2 unspecified atom stereocenters. The van der Waals surface area contributed by atoms with Crippen LogP contribution in [0.1, 0.15) is 18.1 Å². The van der Waals surface area contributed by atoms with Crippen molar-refractivity contribution in [2.45, 2.75) is 18.6 Å². The third-order valence-corrected chi connectivity index (χ3v) is 2.02. The summed E-state index contributed by atoms with van der Waals surface area (Å²) >= 11 is 5.41. The number of alkyl halides is 1. The molecule has 0 saturated carbocycles. The van der Waals surface area contributed by atoms with E-state index in [1.54, 1.807) is 0 Å². The molecule has 14 heavy (non-hydrogen) atoms. The van der Waals surface area contributed by atoms with E-state index in [1.165, 1.54) is 12.4 Å². The number of hydrogen-bond donors (Lipinski definition) is 3. The second-order valence-corrected chi connectivity index (χ2v) is 3.22. The first-order chi connectivity index (χ1) is 6.65. The van der Waals surface area contributed by atoms with Gasteiger partial charge in [-0.3, -0.25) is 0 Å². The Bertz CT molecular complexity index is 321. The fourth-order valence-corrected chi connectivity index (χ4v) is 1.23. The summed E-state index contributed by atoms with van der Waals surface area (Å²) in [6.07, 6.45) is 0.804. The number of H-pyrrole nitrogens is 1. The van der Waals surface area contributed by atoms with Crippen molar-refractivity contribution < 1.29 is 10.2 Å². The molecule has 1 aromatic rings. The van der Waals surface area contributed by atoms with Gasteiger partial charge in [-0.25, -0.2) is 9.78 Å². The van der Waals surface area contributed by atoms with Crippen LogP contribution in [0.15, 0.2) is 17.2 Å². The highest BCUT2D eigenvalue weighted by molar-refractivity contribution is 6.17. The molecule has 0 spiro atoms. The van der Waals surface area contributed by atoms with Crippen molar-refractivity contribution in [1.29, 1.82) is 0 Å². The number of hydrogen-bond acceptors (Lipinski definition) is 4. The van der Waals surface area contributed by atoms with Gasteiger partial charge in [0.15, 0.2) is 0 Å². The zero-order valence-corrected chi connectivity index (χ0v) is 8.11. The Hall–Kier alpha value is -0.910. The Morgan fingerprint density at radius 1 is 1.57 bits per heavy atom. The van der Waals surface area contributed by atoms with Crippen LogP contribution in [0.25, 0.3) is 0 Å². The Balaban J connectivity index is 2.73. The summed E-state index contributed by atoms with van der Waals surface area (Å²) in [5.74, 6) is 0.259. The third kappa shape index (κ3) is 2.80. The molecule has 0 amide bonds. The third-order valence-electron chi connectivity index (χ3n) is 1.80. The van der Waals surface area contributed by atoms with Gasteiger partial charge in [0.05, 0.1) is 6.10 Å². The molecule has 0 aliphatic heterocycles. The summed E-state index contributed by atoms with van der Waals surface area (Å²) in [6.45, 7) is 0. The molecule has 0 aromatic carbocycles. The summed E-state index contributed by atoms with van der Waals surface area (Å²) < 4.78 is 0. The van der Waals surface area contributed by atoms with Gasteiger partial charge in [0.1, 0.15) is 6.10 Å². The molecule has 0 radical (unpaired) electrons. The van der Waals surface area contributed by atoms with Crippen molar-refractivity contribution in [2.24, 2.45) is 0 Å². The predicted molar refractivity (Wildman–Crippen MR) is 51.2 cm³/mol. The fourth-order valence-electron chi connectivity index (χ4n) is 1.01. The summed E-state index contributed by atoms with van der Waals surface area (Å²) in [4.78, 5) is 16.3. The minimum Gasteiger partial charge on any atom is -0.390 e. The monoisotopic (exact) mass is 218 g/mol. The summed E-state index contributed by atoms with van der Waals surface area (Å²) in [5.41, 5.74) is -0.130. The second kappa shape index (κ2) is 5.09. The molecule has 0 fully saturated rings. The van der Waals surface area contributed by atoms with E-state index in [-0.39, 0.29) is 12.3 Å². The number of rotatable bonds is 4. The van der Waals surface area contributed by atoms with Gasteiger partial charge in [-0.05, 0) is 6.42 Å². The minimum atomic E-state index is -1.07. The molecule has 0 saturated heterocycles. The number of aromatic nitrogens is 2. The average Bonchev–Trinajstić information content (AvgIpc) is 2.18. The first kappa shape index (κ1) is 11.2. The molecule has 1 rings (SSSR count). The number of aliphatic hydroxyl groups is 2. The normalized spacial score (nSPS) is 15.1. The molecular weight excluding hydrogens is 208 g/mol. The van der Waals surface area contributed by atoms with Crippen LogP contribution in [0, 0.1) is 0 Å². The van der Waals surface area contributed by atoms with E-state index in [0.717, 1.165) is 0 Å². The lowest BCUT2D eigenvalue weighted by molar-refractivity contribution is 0.0165. The Morgan fingerprint density at radius 3 is 2.79 bits per heavy atom. The summed E-state index contributed by atoms with van der Waals surface area (Å²) in [5, 5.41) is 18.9. The van der Waals surface area contributed by atoms with E-state index in [9.17, 15) is 15.0 Å². The van der Waals surface area contributed by atoms with E-state index < -0.39 is 17.9 Å². The van der Waals surface area contributed by atoms with Gasteiger partial charge in [-0.15, -0.1) is 11.6 Å². The largest absolute Gasteiger partial charge is 0.390 e. The molecule has 78 valence electrons. The SMILES string of the molecule is O=c1ncc(C(O)C(O)CCCl)c[nH]1. The zero-order chi connectivity index (χ0) is 10.6. The van der Waals surface area contributed by atoms with Gasteiger partial charge < -0.3 is 15.2 Å². The summed E-state index contributed by atoms with van der Waals surface area (Å²) in [6, 6.07) is 0. The Labute approximate surface area is 85.4 Å². The van der Waals surface area contributed by atoms with Gasteiger partial charge in [0, 0.05) is 23.8 Å². The van der Waals surface area contributed by atoms with Gasteiger partial charge in [0.2, 0.25) is 0 Å². The average molecular weight is 219 g/mol. The number of nitrogens with zero attached hydrogens (tertiary/aromatic N) is 1. The first-order valence-electron chi connectivity index (χ1n) is 4.12. The smallest absolute Gasteiger partial charge is 0.344 e. The predicted octanol–water partition coefficient (Wildman–Crippen LogP) is -0.207. The van der Waals surface area contributed by atoms with Crippen LogP contribution in [-0.2, 0) is 0 Å². The fraction of sp³-hybridized carbons (Fsp3) is 0.500. The lowest BCUT2D eigenvalue weighted by Gasteiger charge is -2.15. The highest BCUT2D eigenvalue weighted by atomic mass is 35.5. The van der Waals surface area contributed by atoms with Crippen LogP contribution < -0.4 is 5.69 Å². The number of halogens is 1. The molecule has 3 N–H and O–H groups in total. The molecule has 6 heteroatoms. The van der Waals surface area contributed by atoms with Crippen molar-refractivity contribution in [3.63, 3.8) is 0 Å². The Morgan fingerprint density at radius 2 is 2.29 bits per heavy atom. The molecular formula is C8H11ClN2O3.